The summed E-state index contributed by atoms with van der Waals surface area (Å²) >= 11 is 0. The van der Waals surface area contributed by atoms with Crippen LogP contribution in [0.15, 0.2) is 54.6 Å². The van der Waals surface area contributed by atoms with Gasteiger partial charge in [-0.25, -0.2) is 13.2 Å². The van der Waals surface area contributed by atoms with E-state index in [4.69, 9.17) is 9.47 Å². The van der Waals surface area contributed by atoms with E-state index in [-0.39, 0.29) is 24.3 Å². The van der Waals surface area contributed by atoms with Gasteiger partial charge in [-0.3, -0.25) is 4.79 Å². The van der Waals surface area contributed by atoms with Crippen LogP contribution in [0.2, 0.25) is 0 Å². The number of hydrogen-bond acceptors (Lipinski definition) is 3. The van der Waals surface area contributed by atoms with Crippen molar-refractivity contribution >= 4 is 5.97 Å². The maximum Gasteiger partial charge on any atom is 0.303 e. The molecule has 7 heteroatoms. The summed E-state index contributed by atoms with van der Waals surface area (Å²) in [7, 11) is 1.48. The standard InChI is InChI=1S/C32H35F3O4/c1-32(2,3)31(35)26-15-20(10-12-24(26)25-17-22(38-4)11-13-27(25)33)18-39-28-7-5-6-23(30(28)34)21(16-29(36)37)14-19-8-9-19/h5-7,10-13,15,17,19,21,31H,8-9,14,16,18H2,1-4H3,(H,36,37)/t21-,31-/m0/s1. The van der Waals surface area contributed by atoms with Crippen LogP contribution in [-0.2, 0) is 11.4 Å². The Labute approximate surface area is 227 Å². The first-order valence-corrected chi connectivity index (χ1v) is 13.2. The second-order valence-electron chi connectivity index (χ2n) is 11.4. The SMILES string of the molecule is COc1ccc(F)c(-c2ccc(COc3cccc([C@H](CC(=O)O)CC4CC4)c3F)cc2[C@H](F)C(C)(C)C)c1. The minimum Gasteiger partial charge on any atom is -0.497 e. The first-order valence-electron chi connectivity index (χ1n) is 13.2. The van der Waals surface area contributed by atoms with Crippen molar-refractivity contribution < 1.29 is 32.5 Å². The lowest BCUT2D eigenvalue weighted by molar-refractivity contribution is -0.137. The summed E-state index contributed by atoms with van der Waals surface area (Å²) in [6.07, 6.45) is 1.14. The van der Waals surface area contributed by atoms with Crippen molar-refractivity contribution in [2.45, 2.75) is 65.2 Å². The van der Waals surface area contributed by atoms with E-state index in [1.54, 1.807) is 51.1 Å². The van der Waals surface area contributed by atoms with Crippen LogP contribution in [0, 0.1) is 23.0 Å². The highest BCUT2D eigenvalue weighted by molar-refractivity contribution is 5.71. The van der Waals surface area contributed by atoms with Crippen LogP contribution >= 0.6 is 0 Å². The normalized spacial score (nSPS) is 15.1. The van der Waals surface area contributed by atoms with Gasteiger partial charge in [0.25, 0.3) is 0 Å². The maximum atomic E-state index is 15.8. The van der Waals surface area contributed by atoms with Gasteiger partial charge in [0.2, 0.25) is 0 Å². The predicted molar refractivity (Wildman–Crippen MR) is 145 cm³/mol. The Morgan fingerprint density at radius 1 is 1.03 bits per heavy atom. The van der Waals surface area contributed by atoms with Crippen molar-refractivity contribution in [2.24, 2.45) is 11.3 Å². The Balaban J connectivity index is 1.63. The molecular formula is C32H35F3O4. The highest BCUT2D eigenvalue weighted by atomic mass is 19.1. The highest BCUT2D eigenvalue weighted by Crippen LogP contribution is 2.43. The molecular weight excluding hydrogens is 505 g/mol. The number of aliphatic carboxylic acids is 1. The minimum absolute atomic E-state index is 0.00997. The molecule has 0 bridgehead atoms. The zero-order valence-electron chi connectivity index (χ0n) is 22.8. The topological polar surface area (TPSA) is 55.8 Å². The average Bonchev–Trinajstić information content (AvgIpc) is 3.71. The van der Waals surface area contributed by atoms with Crippen molar-refractivity contribution in [3.8, 4) is 22.6 Å². The molecule has 0 radical (unpaired) electrons. The van der Waals surface area contributed by atoms with E-state index in [2.05, 4.69) is 0 Å². The van der Waals surface area contributed by atoms with Crippen LogP contribution in [0.4, 0.5) is 13.2 Å². The predicted octanol–water partition coefficient (Wildman–Crippen LogP) is 8.63. The van der Waals surface area contributed by atoms with Crippen molar-refractivity contribution in [3.63, 3.8) is 0 Å². The zero-order valence-corrected chi connectivity index (χ0v) is 22.8. The molecule has 4 rings (SSSR count). The van der Waals surface area contributed by atoms with Gasteiger partial charge in [0.05, 0.1) is 13.5 Å². The number of halogens is 3. The summed E-state index contributed by atoms with van der Waals surface area (Å²) in [6.45, 7) is 5.26. The summed E-state index contributed by atoms with van der Waals surface area (Å²) in [4.78, 5) is 11.4. The lowest BCUT2D eigenvalue weighted by Crippen LogP contribution is -2.15. The van der Waals surface area contributed by atoms with Crippen molar-refractivity contribution in [3.05, 3.63) is 82.9 Å². The molecule has 3 aromatic carbocycles. The molecule has 1 aliphatic rings. The lowest BCUT2D eigenvalue weighted by Gasteiger charge is -2.27. The number of carboxylic acids is 1. The third-order valence-corrected chi connectivity index (χ3v) is 7.18. The van der Waals surface area contributed by atoms with E-state index in [0.717, 1.165) is 12.8 Å². The van der Waals surface area contributed by atoms with Crippen molar-refractivity contribution in [2.75, 3.05) is 7.11 Å². The molecule has 0 unspecified atom stereocenters. The fourth-order valence-corrected chi connectivity index (χ4v) is 4.86. The van der Waals surface area contributed by atoms with Gasteiger partial charge in [0, 0.05) is 5.56 Å². The molecule has 39 heavy (non-hydrogen) atoms. The van der Waals surface area contributed by atoms with Gasteiger partial charge in [-0.15, -0.1) is 0 Å². The van der Waals surface area contributed by atoms with Crippen molar-refractivity contribution in [1.29, 1.82) is 0 Å². The second kappa shape index (κ2) is 11.7. The number of benzene rings is 3. The summed E-state index contributed by atoms with van der Waals surface area (Å²) in [5.74, 6) is -1.57. The van der Waals surface area contributed by atoms with Gasteiger partial charge in [-0.2, -0.15) is 0 Å². The molecule has 0 spiro atoms. The van der Waals surface area contributed by atoms with E-state index in [1.165, 1.54) is 31.4 Å². The molecule has 2 atom stereocenters. The first-order chi connectivity index (χ1) is 18.5. The fraction of sp³-hybridized carbons (Fsp3) is 0.406. The Morgan fingerprint density at radius 3 is 2.41 bits per heavy atom. The number of hydrogen-bond donors (Lipinski definition) is 1. The average molecular weight is 541 g/mol. The van der Waals surface area contributed by atoms with E-state index in [0.29, 0.717) is 40.3 Å². The number of carboxylic acid groups (broad SMARTS) is 1. The summed E-state index contributed by atoms with van der Waals surface area (Å²) in [5, 5.41) is 9.36. The van der Waals surface area contributed by atoms with Gasteiger partial charge >= 0.3 is 5.97 Å². The van der Waals surface area contributed by atoms with E-state index in [9.17, 15) is 14.3 Å². The van der Waals surface area contributed by atoms with E-state index < -0.39 is 35.1 Å². The molecule has 1 fully saturated rings. The van der Waals surface area contributed by atoms with Crippen molar-refractivity contribution in [1.82, 2.24) is 0 Å². The van der Waals surface area contributed by atoms with E-state index >= 15 is 8.78 Å². The second-order valence-corrected chi connectivity index (χ2v) is 11.4. The number of carbonyl (C=O) groups is 1. The molecule has 0 amide bonds. The van der Waals surface area contributed by atoms with Gasteiger partial charge in [-0.1, -0.05) is 57.9 Å². The number of rotatable bonds is 11. The van der Waals surface area contributed by atoms with E-state index in [1.807, 2.05) is 0 Å². The minimum atomic E-state index is -1.42. The lowest BCUT2D eigenvalue weighted by atomic mass is 9.82. The Morgan fingerprint density at radius 2 is 1.77 bits per heavy atom. The smallest absolute Gasteiger partial charge is 0.303 e. The molecule has 3 aromatic rings. The zero-order chi connectivity index (χ0) is 28.3. The Hall–Kier alpha value is -3.48. The largest absolute Gasteiger partial charge is 0.497 e. The Bertz CT molecular complexity index is 1330. The third kappa shape index (κ3) is 6.94. The molecule has 0 saturated heterocycles. The first kappa shape index (κ1) is 28.5. The van der Waals surface area contributed by atoms with Crippen LogP contribution < -0.4 is 9.47 Å². The van der Waals surface area contributed by atoms with Gasteiger partial charge in [0.15, 0.2) is 11.6 Å². The summed E-state index contributed by atoms with van der Waals surface area (Å²) in [6, 6.07) is 14.1. The molecule has 4 nitrogen and oxygen atoms in total. The monoisotopic (exact) mass is 540 g/mol. The molecule has 208 valence electrons. The van der Waals surface area contributed by atoms with Crippen LogP contribution in [0.25, 0.3) is 11.1 Å². The summed E-state index contributed by atoms with van der Waals surface area (Å²) < 4.78 is 57.1. The molecule has 0 aliphatic heterocycles. The van der Waals surface area contributed by atoms with Crippen LogP contribution in [0.3, 0.4) is 0 Å². The Kier molecular flexibility index (Phi) is 8.57. The molecule has 1 N–H and O–H groups in total. The number of methoxy groups -OCH3 is 1. The molecule has 0 aromatic heterocycles. The maximum absolute atomic E-state index is 15.8. The highest BCUT2D eigenvalue weighted by Gasteiger charge is 2.31. The molecule has 0 heterocycles. The van der Waals surface area contributed by atoms with Crippen LogP contribution in [0.1, 0.15) is 75.2 Å². The molecule has 1 saturated carbocycles. The number of ether oxygens (including phenoxy) is 2. The van der Waals surface area contributed by atoms with Gasteiger partial charge in [-0.05, 0) is 76.3 Å². The third-order valence-electron chi connectivity index (χ3n) is 7.18. The van der Waals surface area contributed by atoms with Crippen LogP contribution in [-0.4, -0.2) is 18.2 Å². The van der Waals surface area contributed by atoms with Gasteiger partial charge < -0.3 is 14.6 Å². The van der Waals surface area contributed by atoms with Crippen LogP contribution in [0.5, 0.6) is 11.5 Å². The number of alkyl halides is 1. The fourth-order valence-electron chi connectivity index (χ4n) is 4.86. The quantitative estimate of drug-likeness (QED) is 0.264. The molecule has 1 aliphatic carbocycles. The van der Waals surface area contributed by atoms with Gasteiger partial charge in [0.1, 0.15) is 24.3 Å². The summed E-state index contributed by atoms with van der Waals surface area (Å²) in [5.41, 5.74) is 1.10.